The van der Waals surface area contributed by atoms with Gasteiger partial charge in [-0.1, -0.05) is 30.3 Å². The van der Waals surface area contributed by atoms with Crippen molar-refractivity contribution in [2.24, 2.45) is 10.1 Å². The summed E-state index contributed by atoms with van der Waals surface area (Å²) in [4.78, 5) is 6.96. The number of hydrogen-bond acceptors (Lipinski definition) is 3. The molecule has 0 spiro atoms. The fourth-order valence-corrected chi connectivity index (χ4v) is 3.52. The van der Waals surface area contributed by atoms with Crippen molar-refractivity contribution in [3.63, 3.8) is 0 Å². The van der Waals surface area contributed by atoms with Gasteiger partial charge in [0, 0.05) is 18.8 Å². The van der Waals surface area contributed by atoms with Crippen molar-refractivity contribution in [1.29, 1.82) is 0 Å². The number of primary sulfonamides is 1. The number of nitrogens with zero attached hydrogens (tertiary/aromatic N) is 2. The van der Waals surface area contributed by atoms with Crippen LogP contribution in [0.1, 0.15) is 18.1 Å². The van der Waals surface area contributed by atoms with E-state index in [0.717, 1.165) is 31.0 Å². The Morgan fingerprint density at radius 2 is 2.04 bits per heavy atom. The van der Waals surface area contributed by atoms with Gasteiger partial charge in [0.2, 0.25) is 10.0 Å². The van der Waals surface area contributed by atoms with Crippen LogP contribution < -0.4 is 15.4 Å². The van der Waals surface area contributed by atoms with Crippen LogP contribution in [0.15, 0.2) is 58.4 Å². The highest BCUT2D eigenvalue weighted by Gasteiger charge is 2.22. The van der Waals surface area contributed by atoms with Gasteiger partial charge in [-0.25, -0.2) is 18.5 Å². The molecule has 1 aliphatic rings. The number of sulfonamides is 1. The number of anilines is 1. The fourth-order valence-electron chi connectivity index (χ4n) is 2.94. The van der Waals surface area contributed by atoms with Crippen LogP contribution >= 0.6 is 0 Å². The molecule has 7 heteroatoms. The number of rotatable bonds is 4. The van der Waals surface area contributed by atoms with E-state index < -0.39 is 10.0 Å². The van der Waals surface area contributed by atoms with Gasteiger partial charge in [-0.2, -0.15) is 0 Å². The van der Waals surface area contributed by atoms with Gasteiger partial charge < -0.3 is 10.2 Å². The van der Waals surface area contributed by atoms with Crippen LogP contribution in [0.3, 0.4) is 0 Å². The number of fused-ring (bicyclic) bond motifs is 1. The van der Waals surface area contributed by atoms with E-state index in [1.54, 1.807) is 12.1 Å². The lowest BCUT2D eigenvalue weighted by Crippen LogP contribution is -2.40. The number of nitrogens with two attached hydrogens (primary N) is 1. The van der Waals surface area contributed by atoms with E-state index in [-0.39, 0.29) is 4.90 Å². The van der Waals surface area contributed by atoms with Gasteiger partial charge in [0.05, 0.1) is 11.4 Å². The topological polar surface area (TPSA) is 87.8 Å². The number of para-hydroxylation sites is 1. The zero-order chi connectivity index (χ0) is 17.9. The maximum absolute atomic E-state index is 11.5. The molecule has 2 aromatic carbocycles. The van der Waals surface area contributed by atoms with Crippen LogP contribution in [0.2, 0.25) is 0 Å². The molecule has 0 bridgehead atoms. The second kappa shape index (κ2) is 7.25. The van der Waals surface area contributed by atoms with E-state index in [4.69, 9.17) is 5.14 Å². The average Bonchev–Trinajstić information content (AvgIpc) is 3.02. The van der Waals surface area contributed by atoms with Crippen molar-refractivity contribution >= 4 is 21.7 Å². The zero-order valence-electron chi connectivity index (χ0n) is 14.1. The molecular formula is C18H22N4O2S. The Morgan fingerprint density at radius 3 is 2.80 bits per heavy atom. The van der Waals surface area contributed by atoms with Gasteiger partial charge in [-0.05, 0) is 42.7 Å². The average molecular weight is 358 g/mol. The minimum atomic E-state index is -3.70. The lowest BCUT2D eigenvalue weighted by atomic mass is 10.2. The number of guanidine groups is 1. The molecule has 0 unspecified atom stereocenters. The van der Waals surface area contributed by atoms with Crippen LogP contribution in [-0.4, -0.2) is 27.5 Å². The van der Waals surface area contributed by atoms with Crippen molar-refractivity contribution in [3.8, 4) is 0 Å². The van der Waals surface area contributed by atoms with Crippen molar-refractivity contribution in [1.82, 2.24) is 5.32 Å². The molecule has 3 N–H and O–H groups in total. The molecule has 0 aromatic heterocycles. The molecule has 0 saturated carbocycles. The van der Waals surface area contributed by atoms with Crippen LogP contribution in [0.4, 0.5) is 5.69 Å². The summed E-state index contributed by atoms with van der Waals surface area (Å²) in [7, 11) is -3.70. The summed E-state index contributed by atoms with van der Waals surface area (Å²) in [6.07, 6.45) is 0.988. The Labute approximate surface area is 148 Å². The van der Waals surface area contributed by atoms with Crippen LogP contribution in [0, 0.1) is 0 Å². The lowest BCUT2D eigenvalue weighted by Gasteiger charge is -2.22. The van der Waals surface area contributed by atoms with Gasteiger partial charge in [-0.15, -0.1) is 0 Å². The van der Waals surface area contributed by atoms with Crippen molar-refractivity contribution in [3.05, 3.63) is 59.7 Å². The quantitative estimate of drug-likeness (QED) is 0.645. The van der Waals surface area contributed by atoms with E-state index >= 15 is 0 Å². The minimum absolute atomic E-state index is 0.108. The van der Waals surface area contributed by atoms with Crippen molar-refractivity contribution in [2.75, 3.05) is 18.0 Å². The molecule has 6 nitrogen and oxygen atoms in total. The van der Waals surface area contributed by atoms with Gasteiger partial charge in [0.1, 0.15) is 0 Å². The first kappa shape index (κ1) is 17.4. The molecule has 0 amide bonds. The molecule has 2 aromatic rings. The first-order valence-electron chi connectivity index (χ1n) is 8.24. The standard InChI is InChI=1S/C18H22N4O2S/c1-2-20-18(22-11-10-15-7-3-4-9-17(15)22)21-13-14-6-5-8-16(12-14)25(19,23)24/h3-9,12H,2,10-11,13H2,1H3,(H,20,21)(H2,19,23,24). The monoisotopic (exact) mass is 358 g/mol. The summed E-state index contributed by atoms with van der Waals surface area (Å²) in [6.45, 7) is 4.04. The van der Waals surface area contributed by atoms with Gasteiger partial charge >= 0.3 is 0 Å². The third-order valence-corrected chi connectivity index (χ3v) is 5.03. The number of hydrogen-bond donors (Lipinski definition) is 2. The Bertz CT molecular complexity index is 893. The minimum Gasteiger partial charge on any atom is -0.356 e. The van der Waals surface area contributed by atoms with Crippen molar-refractivity contribution in [2.45, 2.75) is 24.8 Å². The molecule has 0 saturated heterocycles. The van der Waals surface area contributed by atoms with Crippen LogP contribution in [-0.2, 0) is 23.0 Å². The number of nitrogens with one attached hydrogen (secondary N) is 1. The summed E-state index contributed by atoms with van der Waals surface area (Å²) in [5.41, 5.74) is 3.28. The van der Waals surface area contributed by atoms with Crippen LogP contribution in [0.5, 0.6) is 0 Å². The molecule has 0 atom stereocenters. The second-order valence-corrected chi connectivity index (χ2v) is 7.45. The predicted molar refractivity (Wildman–Crippen MR) is 100 cm³/mol. The maximum Gasteiger partial charge on any atom is 0.238 e. The molecule has 0 aliphatic carbocycles. The van der Waals surface area contributed by atoms with Crippen LogP contribution in [0.25, 0.3) is 0 Å². The van der Waals surface area contributed by atoms with Gasteiger partial charge in [0.25, 0.3) is 0 Å². The van der Waals surface area contributed by atoms with Gasteiger partial charge in [-0.3, -0.25) is 0 Å². The highest BCUT2D eigenvalue weighted by atomic mass is 32.2. The Hall–Kier alpha value is -2.38. The maximum atomic E-state index is 11.5. The smallest absolute Gasteiger partial charge is 0.238 e. The predicted octanol–water partition coefficient (Wildman–Crippen LogP) is 1.86. The molecule has 0 fully saturated rings. The third-order valence-electron chi connectivity index (χ3n) is 4.12. The summed E-state index contributed by atoms with van der Waals surface area (Å²) < 4.78 is 23.0. The first-order chi connectivity index (χ1) is 12.0. The fraction of sp³-hybridized carbons (Fsp3) is 0.278. The van der Waals surface area contributed by atoms with Crippen molar-refractivity contribution < 1.29 is 8.42 Å². The van der Waals surface area contributed by atoms with E-state index in [9.17, 15) is 8.42 Å². The van der Waals surface area contributed by atoms with Gasteiger partial charge in [0.15, 0.2) is 5.96 Å². The van der Waals surface area contributed by atoms with E-state index in [1.807, 2.05) is 25.1 Å². The molecule has 1 aliphatic heterocycles. The lowest BCUT2D eigenvalue weighted by molar-refractivity contribution is 0.597. The molecule has 1 heterocycles. The summed E-state index contributed by atoms with van der Waals surface area (Å²) in [5, 5.41) is 8.51. The molecule has 3 rings (SSSR count). The Balaban J connectivity index is 1.85. The first-order valence-corrected chi connectivity index (χ1v) is 9.79. The SMILES string of the molecule is CCNC(=NCc1cccc(S(N)(=O)=O)c1)N1CCc2ccccc21. The number of benzene rings is 2. The highest BCUT2D eigenvalue weighted by molar-refractivity contribution is 7.89. The van der Waals surface area contributed by atoms with E-state index in [1.165, 1.54) is 17.3 Å². The molecule has 25 heavy (non-hydrogen) atoms. The molecule has 0 radical (unpaired) electrons. The molecule has 132 valence electrons. The second-order valence-electron chi connectivity index (χ2n) is 5.89. The summed E-state index contributed by atoms with van der Waals surface area (Å²) in [5.74, 6) is 0.799. The normalized spacial score (nSPS) is 14.5. The largest absolute Gasteiger partial charge is 0.356 e. The summed E-state index contributed by atoms with van der Waals surface area (Å²) >= 11 is 0. The van der Waals surface area contributed by atoms with E-state index in [0.29, 0.717) is 6.54 Å². The summed E-state index contributed by atoms with van der Waals surface area (Å²) in [6, 6.07) is 14.9. The van der Waals surface area contributed by atoms with E-state index in [2.05, 4.69) is 27.3 Å². The number of aliphatic imine (C=N–C) groups is 1. The zero-order valence-corrected chi connectivity index (χ0v) is 15.0. The third kappa shape index (κ3) is 4.00. The highest BCUT2D eigenvalue weighted by Crippen LogP contribution is 2.27. The molecular weight excluding hydrogens is 336 g/mol. The Morgan fingerprint density at radius 1 is 1.24 bits per heavy atom. The Kier molecular flexibility index (Phi) is 5.06.